The molecule has 0 bridgehead atoms. The second-order valence-corrected chi connectivity index (χ2v) is 9.17. The number of carbonyl (C=O) groups is 2. The first-order valence-corrected chi connectivity index (χ1v) is 11.3. The lowest BCUT2D eigenvalue weighted by Crippen LogP contribution is -2.41. The van der Waals surface area contributed by atoms with Crippen LogP contribution in [0.1, 0.15) is 42.3 Å². The Morgan fingerprint density at radius 3 is 2.71 bits per heavy atom. The largest absolute Gasteiger partial charge is 0.481 e. The van der Waals surface area contributed by atoms with Crippen molar-refractivity contribution in [1.82, 2.24) is 10.3 Å². The number of carboxylic acids is 1. The number of hydrogen-bond acceptors (Lipinski definition) is 4. The summed E-state index contributed by atoms with van der Waals surface area (Å²) >= 11 is 0. The fourth-order valence-corrected chi connectivity index (χ4v) is 4.30. The van der Waals surface area contributed by atoms with Crippen LogP contribution in [0.3, 0.4) is 0 Å². The van der Waals surface area contributed by atoms with E-state index in [1.165, 1.54) is 12.3 Å². The van der Waals surface area contributed by atoms with Crippen molar-refractivity contribution in [2.75, 3.05) is 11.9 Å². The van der Waals surface area contributed by atoms with E-state index in [1.54, 1.807) is 13.8 Å². The number of aliphatic carboxylic acids is 1. The summed E-state index contributed by atoms with van der Waals surface area (Å²) in [6.45, 7) is 3.97. The SMILES string of the molecule is CC(C)(C(=O)O)c1cccc(CCN[C@H](c2ccccc2)[C@H]2Cc3ncc(F)cc3NC2=O)c1. The average Bonchev–Trinajstić information content (AvgIpc) is 2.82. The number of fused-ring (bicyclic) bond motifs is 1. The summed E-state index contributed by atoms with van der Waals surface area (Å²) in [5, 5.41) is 15.9. The first-order valence-electron chi connectivity index (χ1n) is 11.3. The standard InChI is InChI=1S/C27H28FN3O3/c1-27(2,26(33)34)19-10-6-7-17(13-19)11-12-29-24(18-8-4-3-5-9-18)21-15-22-23(31-25(21)32)14-20(28)16-30-22/h3-10,13-14,16,21,24,29H,11-12,15H2,1-2H3,(H,31,32)(H,33,34)/t21-,24-/m1/s1. The molecule has 7 heteroatoms. The van der Waals surface area contributed by atoms with E-state index in [-0.39, 0.29) is 11.9 Å². The van der Waals surface area contributed by atoms with Gasteiger partial charge >= 0.3 is 5.97 Å². The Morgan fingerprint density at radius 1 is 1.21 bits per heavy atom. The van der Waals surface area contributed by atoms with Gasteiger partial charge in [0.05, 0.1) is 28.9 Å². The zero-order chi connectivity index (χ0) is 24.3. The molecule has 1 aliphatic rings. The van der Waals surface area contributed by atoms with Crippen LogP contribution in [0.25, 0.3) is 0 Å². The number of amides is 1. The summed E-state index contributed by atoms with van der Waals surface area (Å²) in [5.74, 6) is -1.94. The van der Waals surface area contributed by atoms with Gasteiger partial charge in [-0.25, -0.2) is 4.39 Å². The number of carbonyl (C=O) groups excluding carboxylic acids is 1. The van der Waals surface area contributed by atoms with Gasteiger partial charge in [0.15, 0.2) is 0 Å². The lowest BCUT2D eigenvalue weighted by atomic mass is 9.83. The predicted molar refractivity (Wildman–Crippen MR) is 128 cm³/mol. The van der Waals surface area contributed by atoms with Gasteiger partial charge in [0.2, 0.25) is 5.91 Å². The summed E-state index contributed by atoms with van der Waals surface area (Å²) in [6.07, 6.45) is 2.24. The van der Waals surface area contributed by atoms with Gasteiger partial charge in [0, 0.05) is 18.5 Å². The topological polar surface area (TPSA) is 91.3 Å². The van der Waals surface area contributed by atoms with Gasteiger partial charge in [-0.05, 0) is 43.5 Å². The van der Waals surface area contributed by atoms with Gasteiger partial charge in [0.1, 0.15) is 5.82 Å². The average molecular weight is 462 g/mol. The van der Waals surface area contributed by atoms with E-state index >= 15 is 0 Å². The zero-order valence-electron chi connectivity index (χ0n) is 19.2. The molecule has 0 fully saturated rings. The van der Waals surface area contributed by atoms with Crippen LogP contribution in [0.15, 0.2) is 66.9 Å². The molecule has 34 heavy (non-hydrogen) atoms. The number of aromatic nitrogens is 1. The molecule has 0 saturated heterocycles. The predicted octanol–water partition coefficient (Wildman–Crippen LogP) is 4.27. The molecule has 0 radical (unpaired) electrons. The number of benzene rings is 2. The van der Waals surface area contributed by atoms with Crippen LogP contribution in [-0.4, -0.2) is 28.5 Å². The fraction of sp³-hybridized carbons (Fsp3) is 0.296. The maximum atomic E-state index is 13.6. The van der Waals surface area contributed by atoms with Crippen LogP contribution < -0.4 is 10.6 Å². The summed E-state index contributed by atoms with van der Waals surface area (Å²) in [6, 6.07) is 18.4. The molecule has 1 amide bonds. The molecule has 4 rings (SSSR count). The van der Waals surface area contributed by atoms with E-state index in [4.69, 9.17) is 0 Å². The van der Waals surface area contributed by atoms with Crippen LogP contribution in [0, 0.1) is 11.7 Å². The smallest absolute Gasteiger partial charge is 0.313 e. The highest BCUT2D eigenvalue weighted by Gasteiger charge is 2.34. The van der Waals surface area contributed by atoms with Gasteiger partial charge in [-0.1, -0.05) is 54.6 Å². The highest BCUT2D eigenvalue weighted by molar-refractivity contribution is 5.96. The molecule has 6 nitrogen and oxygen atoms in total. The van der Waals surface area contributed by atoms with Crippen molar-refractivity contribution in [3.8, 4) is 0 Å². The Labute approximate surface area is 198 Å². The zero-order valence-corrected chi connectivity index (χ0v) is 19.2. The molecule has 176 valence electrons. The summed E-state index contributed by atoms with van der Waals surface area (Å²) in [5.41, 5.74) is 2.86. The van der Waals surface area contributed by atoms with Gasteiger partial charge < -0.3 is 15.7 Å². The molecular weight excluding hydrogens is 433 g/mol. The fourth-order valence-electron chi connectivity index (χ4n) is 4.30. The second kappa shape index (κ2) is 9.73. The van der Waals surface area contributed by atoms with Crippen molar-refractivity contribution in [1.29, 1.82) is 0 Å². The van der Waals surface area contributed by atoms with Gasteiger partial charge in [0.25, 0.3) is 0 Å². The molecule has 3 aromatic rings. The van der Waals surface area contributed by atoms with E-state index in [9.17, 15) is 19.1 Å². The minimum absolute atomic E-state index is 0.175. The quantitative estimate of drug-likeness (QED) is 0.466. The molecular formula is C27H28FN3O3. The van der Waals surface area contributed by atoms with E-state index in [0.29, 0.717) is 30.8 Å². The van der Waals surface area contributed by atoms with Crippen LogP contribution in [-0.2, 0) is 27.8 Å². The Balaban J connectivity index is 1.52. The van der Waals surface area contributed by atoms with Gasteiger partial charge in [-0.3, -0.25) is 14.6 Å². The molecule has 0 unspecified atom stereocenters. The summed E-state index contributed by atoms with van der Waals surface area (Å²) in [7, 11) is 0. The van der Waals surface area contributed by atoms with Crippen molar-refractivity contribution in [2.45, 2.75) is 38.1 Å². The molecule has 0 aliphatic carbocycles. The van der Waals surface area contributed by atoms with Crippen molar-refractivity contribution >= 4 is 17.6 Å². The number of anilines is 1. The minimum Gasteiger partial charge on any atom is -0.481 e. The van der Waals surface area contributed by atoms with Gasteiger partial charge in [-0.15, -0.1) is 0 Å². The van der Waals surface area contributed by atoms with Crippen molar-refractivity contribution < 1.29 is 19.1 Å². The highest BCUT2D eigenvalue weighted by Crippen LogP contribution is 2.32. The summed E-state index contributed by atoms with van der Waals surface area (Å²) in [4.78, 5) is 28.8. The Bertz CT molecular complexity index is 1200. The monoisotopic (exact) mass is 461 g/mol. The Kier molecular flexibility index (Phi) is 6.75. The van der Waals surface area contributed by atoms with Gasteiger partial charge in [-0.2, -0.15) is 0 Å². The molecule has 2 atom stereocenters. The highest BCUT2D eigenvalue weighted by atomic mass is 19.1. The van der Waals surface area contributed by atoms with E-state index in [1.807, 2.05) is 54.6 Å². The van der Waals surface area contributed by atoms with Crippen LogP contribution in [0.5, 0.6) is 0 Å². The lowest BCUT2D eigenvalue weighted by Gasteiger charge is -2.31. The number of nitrogens with one attached hydrogen (secondary N) is 2. The number of carboxylic acid groups (broad SMARTS) is 1. The first-order chi connectivity index (χ1) is 16.3. The minimum atomic E-state index is -0.976. The molecule has 3 N–H and O–H groups in total. The third kappa shape index (κ3) is 4.99. The maximum Gasteiger partial charge on any atom is 0.313 e. The van der Waals surface area contributed by atoms with Crippen molar-refractivity contribution in [3.05, 3.63) is 95.1 Å². The molecule has 1 aromatic heterocycles. The number of hydrogen-bond donors (Lipinski definition) is 3. The molecule has 2 heterocycles. The van der Waals surface area contributed by atoms with Crippen molar-refractivity contribution in [2.24, 2.45) is 5.92 Å². The van der Waals surface area contributed by atoms with Crippen LogP contribution in [0.2, 0.25) is 0 Å². The van der Waals surface area contributed by atoms with Crippen LogP contribution >= 0.6 is 0 Å². The lowest BCUT2D eigenvalue weighted by molar-refractivity contribution is -0.142. The van der Waals surface area contributed by atoms with E-state index in [2.05, 4.69) is 15.6 Å². The number of nitrogens with zero attached hydrogens (tertiary/aromatic N) is 1. The molecule has 1 aliphatic heterocycles. The molecule has 0 spiro atoms. The Hall–Kier alpha value is -3.58. The third-order valence-corrected chi connectivity index (χ3v) is 6.47. The van der Waals surface area contributed by atoms with Crippen molar-refractivity contribution in [3.63, 3.8) is 0 Å². The van der Waals surface area contributed by atoms with Crippen LogP contribution in [0.4, 0.5) is 10.1 Å². The van der Waals surface area contributed by atoms with E-state index in [0.717, 1.165) is 16.7 Å². The normalized spacial score (nSPS) is 16.4. The second-order valence-electron chi connectivity index (χ2n) is 9.17. The number of halogens is 1. The number of rotatable bonds is 8. The Morgan fingerprint density at radius 2 is 1.97 bits per heavy atom. The maximum absolute atomic E-state index is 13.6. The summed E-state index contributed by atoms with van der Waals surface area (Å²) < 4.78 is 13.6. The van der Waals surface area contributed by atoms with E-state index < -0.39 is 23.1 Å². The third-order valence-electron chi connectivity index (χ3n) is 6.47. The molecule has 2 aromatic carbocycles. The molecule has 0 saturated carbocycles. The first kappa shape index (κ1) is 23.6. The number of pyridine rings is 1.